The molecule has 0 saturated carbocycles. The van der Waals surface area contributed by atoms with E-state index in [-0.39, 0.29) is 0 Å². The Morgan fingerprint density at radius 2 is 1.83 bits per heavy atom. The monoisotopic (exact) mass is 251 g/mol. The summed E-state index contributed by atoms with van der Waals surface area (Å²) in [6.07, 6.45) is 0.116. The van der Waals surface area contributed by atoms with E-state index in [9.17, 15) is 9.59 Å². The summed E-state index contributed by atoms with van der Waals surface area (Å²) in [5, 5.41) is 11.1. The van der Waals surface area contributed by atoms with Gasteiger partial charge in [-0.25, -0.2) is 9.59 Å². The van der Waals surface area contributed by atoms with Gasteiger partial charge in [0.25, 0.3) is 0 Å². The van der Waals surface area contributed by atoms with Crippen molar-refractivity contribution in [1.29, 1.82) is 0 Å². The van der Waals surface area contributed by atoms with Crippen LogP contribution in [0.5, 0.6) is 5.75 Å². The first-order chi connectivity index (χ1) is 8.35. The first-order valence-electron chi connectivity index (χ1n) is 5.67. The lowest BCUT2D eigenvalue weighted by atomic mass is 10.1. The van der Waals surface area contributed by atoms with Crippen LogP contribution in [0.4, 0.5) is 4.79 Å². The van der Waals surface area contributed by atoms with Crippen LogP contribution >= 0.6 is 0 Å². The number of ether oxygens (including phenoxy) is 1. The van der Waals surface area contributed by atoms with E-state index in [0.717, 1.165) is 12.0 Å². The van der Waals surface area contributed by atoms with E-state index in [0.29, 0.717) is 5.75 Å². The summed E-state index contributed by atoms with van der Waals surface area (Å²) in [5.41, 5.74) is -0.228. The molecule has 2 N–H and O–H groups in total. The maximum atomic E-state index is 11.5. The van der Waals surface area contributed by atoms with Crippen LogP contribution in [0, 0.1) is 0 Å². The lowest BCUT2D eigenvalue weighted by Gasteiger charge is -2.20. The molecule has 18 heavy (non-hydrogen) atoms. The fraction of sp³-hybridized carbons (Fsp3) is 0.385. The third-order valence-electron chi connectivity index (χ3n) is 2.49. The molecule has 0 aromatic heterocycles. The number of carbonyl (C=O) groups excluding carboxylic acids is 1. The maximum absolute atomic E-state index is 11.5. The molecule has 5 nitrogen and oxygen atoms in total. The normalized spacial score (nSPS) is 10.8. The number of hydrogen-bond acceptors (Lipinski definition) is 3. The average molecular weight is 251 g/mol. The van der Waals surface area contributed by atoms with Crippen LogP contribution in [-0.2, 0) is 11.2 Å². The number of rotatable bonds is 4. The summed E-state index contributed by atoms with van der Waals surface area (Å²) < 4.78 is 4.99. The second-order valence-corrected chi connectivity index (χ2v) is 4.44. The lowest BCUT2D eigenvalue weighted by molar-refractivity contribution is -0.143. The molecule has 0 bridgehead atoms. The second kappa shape index (κ2) is 5.53. The standard InChI is InChI=1S/C13H17NO4/c1-4-9-5-7-10(8-6-9)18-12(17)14-13(2,3)11(15)16/h5-8H,4H2,1-3H3,(H,14,17)(H,15,16). The minimum atomic E-state index is -1.36. The summed E-state index contributed by atoms with van der Waals surface area (Å²) in [4.78, 5) is 22.3. The van der Waals surface area contributed by atoms with Gasteiger partial charge in [-0.2, -0.15) is 0 Å². The Kier molecular flexibility index (Phi) is 4.31. The zero-order valence-corrected chi connectivity index (χ0v) is 10.7. The fourth-order valence-corrected chi connectivity index (χ4v) is 1.23. The zero-order valence-electron chi connectivity index (χ0n) is 10.7. The van der Waals surface area contributed by atoms with Gasteiger partial charge >= 0.3 is 12.1 Å². The highest BCUT2D eigenvalue weighted by atomic mass is 16.6. The number of nitrogens with one attached hydrogen (secondary N) is 1. The minimum Gasteiger partial charge on any atom is -0.480 e. The Hall–Kier alpha value is -2.04. The highest BCUT2D eigenvalue weighted by Crippen LogP contribution is 2.13. The van der Waals surface area contributed by atoms with Gasteiger partial charge in [0, 0.05) is 0 Å². The van der Waals surface area contributed by atoms with Crippen LogP contribution in [0.1, 0.15) is 26.3 Å². The summed E-state index contributed by atoms with van der Waals surface area (Å²) in [6.45, 7) is 4.80. The molecular formula is C13H17NO4. The summed E-state index contributed by atoms with van der Waals surface area (Å²) in [7, 11) is 0. The fourth-order valence-electron chi connectivity index (χ4n) is 1.23. The predicted molar refractivity (Wildman–Crippen MR) is 66.7 cm³/mol. The number of carbonyl (C=O) groups is 2. The number of hydrogen-bond donors (Lipinski definition) is 2. The van der Waals surface area contributed by atoms with Crippen LogP contribution in [-0.4, -0.2) is 22.7 Å². The van der Waals surface area contributed by atoms with Crippen LogP contribution in [0.25, 0.3) is 0 Å². The molecule has 0 aliphatic heterocycles. The Morgan fingerprint density at radius 3 is 2.28 bits per heavy atom. The summed E-state index contributed by atoms with van der Waals surface area (Å²) in [5.74, 6) is -0.744. The van der Waals surface area contributed by atoms with Gasteiger partial charge in [0.15, 0.2) is 0 Å². The van der Waals surface area contributed by atoms with E-state index in [1.54, 1.807) is 12.1 Å². The molecule has 1 aromatic rings. The third kappa shape index (κ3) is 3.76. The molecule has 1 amide bonds. The van der Waals surface area contributed by atoms with Gasteiger partial charge in [0.1, 0.15) is 11.3 Å². The molecule has 0 atom stereocenters. The molecule has 0 radical (unpaired) electrons. The average Bonchev–Trinajstić information content (AvgIpc) is 2.29. The van der Waals surface area contributed by atoms with Gasteiger partial charge in [-0.3, -0.25) is 0 Å². The van der Waals surface area contributed by atoms with E-state index in [1.165, 1.54) is 13.8 Å². The van der Waals surface area contributed by atoms with Gasteiger partial charge in [0.05, 0.1) is 0 Å². The first-order valence-corrected chi connectivity index (χ1v) is 5.67. The van der Waals surface area contributed by atoms with Crippen molar-refractivity contribution in [2.45, 2.75) is 32.7 Å². The molecule has 1 rings (SSSR count). The minimum absolute atomic E-state index is 0.380. The van der Waals surface area contributed by atoms with Crippen LogP contribution < -0.4 is 10.1 Å². The Balaban J connectivity index is 2.62. The molecule has 0 heterocycles. The molecule has 5 heteroatoms. The second-order valence-electron chi connectivity index (χ2n) is 4.44. The van der Waals surface area contributed by atoms with Crippen molar-refractivity contribution in [3.05, 3.63) is 29.8 Å². The largest absolute Gasteiger partial charge is 0.480 e. The maximum Gasteiger partial charge on any atom is 0.413 e. The number of carboxylic acid groups (broad SMARTS) is 1. The van der Waals surface area contributed by atoms with Crippen LogP contribution in [0.15, 0.2) is 24.3 Å². The van der Waals surface area contributed by atoms with Gasteiger partial charge < -0.3 is 15.2 Å². The molecule has 0 aliphatic carbocycles. The number of aliphatic carboxylic acids is 1. The van der Waals surface area contributed by atoms with Crippen molar-refractivity contribution in [2.24, 2.45) is 0 Å². The Morgan fingerprint density at radius 1 is 1.28 bits per heavy atom. The lowest BCUT2D eigenvalue weighted by Crippen LogP contribution is -2.50. The van der Waals surface area contributed by atoms with E-state index < -0.39 is 17.6 Å². The molecule has 0 fully saturated rings. The molecule has 0 aliphatic rings. The van der Waals surface area contributed by atoms with Crippen molar-refractivity contribution >= 4 is 12.1 Å². The van der Waals surface area contributed by atoms with E-state index in [4.69, 9.17) is 9.84 Å². The van der Waals surface area contributed by atoms with Crippen molar-refractivity contribution in [2.75, 3.05) is 0 Å². The summed E-state index contributed by atoms with van der Waals surface area (Å²) >= 11 is 0. The van der Waals surface area contributed by atoms with Crippen molar-refractivity contribution in [1.82, 2.24) is 5.32 Å². The van der Waals surface area contributed by atoms with Crippen LogP contribution in [0.3, 0.4) is 0 Å². The smallest absolute Gasteiger partial charge is 0.413 e. The predicted octanol–water partition coefficient (Wildman–Crippen LogP) is 2.20. The summed E-state index contributed by atoms with van der Waals surface area (Å²) in [6, 6.07) is 7.05. The van der Waals surface area contributed by atoms with E-state index in [1.807, 2.05) is 19.1 Å². The van der Waals surface area contributed by atoms with Crippen LogP contribution in [0.2, 0.25) is 0 Å². The topological polar surface area (TPSA) is 75.6 Å². The quantitative estimate of drug-likeness (QED) is 0.860. The number of benzene rings is 1. The van der Waals surface area contributed by atoms with Crippen molar-refractivity contribution in [3.8, 4) is 5.75 Å². The molecule has 0 saturated heterocycles. The van der Waals surface area contributed by atoms with Gasteiger partial charge in [-0.1, -0.05) is 19.1 Å². The van der Waals surface area contributed by atoms with Gasteiger partial charge in [-0.05, 0) is 38.0 Å². The van der Waals surface area contributed by atoms with E-state index in [2.05, 4.69) is 5.32 Å². The Bertz CT molecular complexity index is 437. The zero-order chi connectivity index (χ0) is 13.8. The number of amides is 1. The molecule has 0 spiro atoms. The Labute approximate surface area is 106 Å². The molecule has 1 aromatic carbocycles. The SMILES string of the molecule is CCc1ccc(OC(=O)NC(C)(C)C(=O)O)cc1. The van der Waals surface area contributed by atoms with Gasteiger partial charge in [-0.15, -0.1) is 0 Å². The highest BCUT2D eigenvalue weighted by molar-refractivity contribution is 5.84. The van der Waals surface area contributed by atoms with Crippen molar-refractivity contribution in [3.63, 3.8) is 0 Å². The molecular weight excluding hydrogens is 234 g/mol. The van der Waals surface area contributed by atoms with E-state index >= 15 is 0 Å². The van der Waals surface area contributed by atoms with Crippen molar-refractivity contribution < 1.29 is 19.4 Å². The first kappa shape index (κ1) is 14.0. The third-order valence-corrected chi connectivity index (χ3v) is 2.49. The number of carboxylic acids is 1. The molecule has 0 unspecified atom stereocenters. The highest BCUT2D eigenvalue weighted by Gasteiger charge is 2.29. The van der Waals surface area contributed by atoms with Gasteiger partial charge in [0.2, 0.25) is 0 Å². The molecule has 98 valence electrons. The number of aryl methyl sites for hydroxylation is 1.